The molecule has 3 rings (SSSR count). The molecule has 1 unspecified atom stereocenters. The Morgan fingerprint density at radius 1 is 1.24 bits per heavy atom. The lowest BCUT2D eigenvalue weighted by Crippen LogP contribution is -2.48. The van der Waals surface area contributed by atoms with Gasteiger partial charge in [0, 0.05) is 11.7 Å². The van der Waals surface area contributed by atoms with Crippen molar-refractivity contribution < 1.29 is 14.3 Å². The maximum Gasteiger partial charge on any atom is 0.338 e. The van der Waals surface area contributed by atoms with Crippen LogP contribution >= 0.6 is 12.2 Å². The number of hydrogen-bond donors (Lipinski definition) is 1. The molecule has 1 N–H and O–H groups in total. The van der Waals surface area contributed by atoms with Crippen molar-refractivity contribution in [3.63, 3.8) is 0 Å². The molecule has 1 heterocycles. The maximum absolute atomic E-state index is 12.6. The SMILES string of the molecule is CCOC(=O)C1=C(C)N(C2CC2)C(=S)NC1c1ccc(OCC)cc1. The molecule has 134 valence electrons. The standard InChI is InChI=1S/C19H24N2O3S/c1-4-23-15-10-6-13(7-11-15)17-16(18(22)24-5-2)12(3)21(14-8-9-14)19(25)20-17/h6-7,10-11,14,17H,4-5,8-9H2,1-3H3,(H,20,25). The van der Waals surface area contributed by atoms with E-state index in [2.05, 4.69) is 10.2 Å². The lowest BCUT2D eigenvalue weighted by molar-refractivity contribution is -0.139. The Bertz CT molecular complexity index is 695. The highest BCUT2D eigenvalue weighted by atomic mass is 32.1. The van der Waals surface area contributed by atoms with Crippen molar-refractivity contribution in [1.82, 2.24) is 10.2 Å². The first-order valence-corrected chi connectivity index (χ1v) is 9.18. The molecule has 1 aliphatic carbocycles. The zero-order valence-corrected chi connectivity index (χ0v) is 15.7. The number of esters is 1. The van der Waals surface area contributed by atoms with E-state index >= 15 is 0 Å². The number of carbonyl (C=O) groups excluding carboxylic acids is 1. The van der Waals surface area contributed by atoms with Gasteiger partial charge in [0.15, 0.2) is 5.11 Å². The van der Waals surface area contributed by atoms with Crippen molar-refractivity contribution in [2.45, 2.75) is 45.7 Å². The zero-order chi connectivity index (χ0) is 18.0. The van der Waals surface area contributed by atoms with E-state index in [4.69, 9.17) is 21.7 Å². The van der Waals surface area contributed by atoms with Gasteiger partial charge in [0.25, 0.3) is 0 Å². The van der Waals surface area contributed by atoms with E-state index in [0.29, 0.717) is 29.9 Å². The third-order valence-electron chi connectivity index (χ3n) is 4.46. The number of hydrogen-bond acceptors (Lipinski definition) is 4. The van der Waals surface area contributed by atoms with Gasteiger partial charge in [-0.2, -0.15) is 0 Å². The van der Waals surface area contributed by atoms with E-state index in [9.17, 15) is 4.79 Å². The third-order valence-corrected chi connectivity index (χ3v) is 4.77. The van der Waals surface area contributed by atoms with Crippen molar-refractivity contribution in [3.05, 3.63) is 41.1 Å². The van der Waals surface area contributed by atoms with Gasteiger partial charge in [0.05, 0.1) is 24.8 Å². The van der Waals surface area contributed by atoms with Crippen LogP contribution in [0.15, 0.2) is 35.5 Å². The summed E-state index contributed by atoms with van der Waals surface area (Å²) in [5.41, 5.74) is 2.48. The number of ether oxygens (including phenoxy) is 2. The summed E-state index contributed by atoms with van der Waals surface area (Å²) in [6, 6.07) is 7.84. The van der Waals surface area contributed by atoms with E-state index in [1.54, 1.807) is 0 Å². The monoisotopic (exact) mass is 360 g/mol. The normalized spacial score (nSPS) is 20.4. The number of benzene rings is 1. The van der Waals surface area contributed by atoms with Crippen LogP contribution in [-0.4, -0.2) is 35.2 Å². The molecule has 0 amide bonds. The minimum absolute atomic E-state index is 0.292. The molecule has 0 spiro atoms. The lowest BCUT2D eigenvalue weighted by Gasteiger charge is -2.37. The van der Waals surface area contributed by atoms with Crippen LogP contribution in [0, 0.1) is 0 Å². The van der Waals surface area contributed by atoms with E-state index in [0.717, 1.165) is 29.9 Å². The molecule has 1 atom stereocenters. The topological polar surface area (TPSA) is 50.8 Å². The van der Waals surface area contributed by atoms with Gasteiger partial charge in [-0.1, -0.05) is 12.1 Å². The Labute approximate surface area is 154 Å². The first kappa shape index (κ1) is 17.7. The van der Waals surface area contributed by atoms with E-state index < -0.39 is 0 Å². The summed E-state index contributed by atoms with van der Waals surface area (Å²) in [7, 11) is 0. The minimum atomic E-state index is -0.308. The molecule has 0 aromatic heterocycles. The number of thiocarbonyl (C=S) groups is 1. The summed E-state index contributed by atoms with van der Waals surface area (Å²) >= 11 is 5.57. The Morgan fingerprint density at radius 2 is 1.92 bits per heavy atom. The molecule has 25 heavy (non-hydrogen) atoms. The Balaban J connectivity index is 1.97. The highest BCUT2D eigenvalue weighted by molar-refractivity contribution is 7.80. The summed E-state index contributed by atoms with van der Waals surface area (Å²) in [5, 5.41) is 4.01. The van der Waals surface area contributed by atoms with Crippen LogP contribution < -0.4 is 10.1 Å². The van der Waals surface area contributed by atoms with Crippen LogP contribution in [0.3, 0.4) is 0 Å². The van der Waals surface area contributed by atoms with Crippen LogP contribution in [0.5, 0.6) is 5.75 Å². The Hall–Kier alpha value is -2.08. The molecular formula is C19H24N2O3S. The molecule has 1 aliphatic heterocycles. The fourth-order valence-electron chi connectivity index (χ4n) is 3.18. The van der Waals surface area contributed by atoms with Gasteiger partial charge in [0.1, 0.15) is 5.75 Å². The highest BCUT2D eigenvalue weighted by Gasteiger charge is 2.40. The van der Waals surface area contributed by atoms with Crippen molar-refractivity contribution in [2.24, 2.45) is 0 Å². The van der Waals surface area contributed by atoms with Crippen LogP contribution in [0.25, 0.3) is 0 Å². The smallest absolute Gasteiger partial charge is 0.338 e. The van der Waals surface area contributed by atoms with Crippen molar-refractivity contribution >= 4 is 23.3 Å². The fourth-order valence-corrected chi connectivity index (χ4v) is 3.58. The molecule has 1 aromatic rings. The number of nitrogens with zero attached hydrogens (tertiary/aromatic N) is 1. The molecular weight excluding hydrogens is 336 g/mol. The highest BCUT2D eigenvalue weighted by Crippen LogP contribution is 2.38. The number of carbonyl (C=O) groups is 1. The zero-order valence-electron chi connectivity index (χ0n) is 14.9. The fraction of sp³-hybridized carbons (Fsp3) is 0.474. The van der Waals surface area contributed by atoms with Gasteiger partial charge in [-0.15, -0.1) is 0 Å². The molecule has 0 radical (unpaired) electrons. The largest absolute Gasteiger partial charge is 0.494 e. The Kier molecular flexibility index (Phi) is 5.27. The summed E-state index contributed by atoms with van der Waals surface area (Å²) in [6.45, 7) is 6.69. The van der Waals surface area contributed by atoms with E-state index in [-0.39, 0.29) is 12.0 Å². The summed E-state index contributed by atoms with van der Waals surface area (Å²) in [6.07, 6.45) is 2.20. The van der Waals surface area contributed by atoms with E-state index in [1.165, 1.54) is 0 Å². The molecule has 0 bridgehead atoms. The third kappa shape index (κ3) is 3.63. The Morgan fingerprint density at radius 3 is 2.48 bits per heavy atom. The second kappa shape index (κ2) is 7.44. The predicted molar refractivity (Wildman–Crippen MR) is 100 cm³/mol. The summed E-state index contributed by atoms with van der Waals surface area (Å²) in [5.74, 6) is 0.516. The molecule has 5 nitrogen and oxygen atoms in total. The summed E-state index contributed by atoms with van der Waals surface area (Å²) in [4.78, 5) is 14.7. The van der Waals surface area contributed by atoms with Crippen molar-refractivity contribution in [1.29, 1.82) is 0 Å². The second-order valence-corrected chi connectivity index (χ2v) is 6.59. The first-order chi connectivity index (χ1) is 12.1. The van der Waals surface area contributed by atoms with Gasteiger partial charge in [0.2, 0.25) is 0 Å². The number of nitrogens with one attached hydrogen (secondary N) is 1. The van der Waals surface area contributed by atoms with Crippen LogP contribution in [0.1, 0.15) is 45.2 Å². The molecule has 1 saturated carbocycles. The van der Waals surface area contributed by atoms with Gasteiger partial charge in [-0.05, 0) is 63.5 Å². The quantitative estimate of drug-likeness (QED) is 0.620. The van der Waals surface area contributed by atoms with Gasteiger partial charge in [-0.25, -0.2) is 4.79 Å². The molecule has 1 fully saturated rings. The lowest BCUT2D eigenvalue weighted by atomic mass is 9.95. The average Bonchev–Trinajstić information content (AvgIpc) is 3.40. The second-order valence-electron chi connectivity index (χ2n) is 6.21. The van der Waals surface area contributed by atoms with Crippen LogP contribution in [0.4, 0.5) is 0 Å². The van der Waals surface area contributed by atoms with Gasteiger partial charge < -0.3 is 19.7 Å². The van der Waals surface area contributed by atoms with E-state index in [1.807, 2.05) is 45.0 Å². The number of allylic oxidation sites excluding steroid dienone is 1. The van der Waals surface area contributed by atoms with Crippen molar-refractivity contribution in [3.8, 4) is 5.75 Å². The predicted octanol–water partition coefficient (Wildman–Crippen LogP) is 3.32. The van der Waals surface area contributed by atoms with Crippen LogP contribution in [0.2, 0.25) is 0 Å². The molecule has 0 saturated heterocycles. The molecule has 1 aromatic carbocycles. The van der Waals surface area contributed by atoms with Gasteiger partial charge in [-0.3, -0.25) is 0 Å². The first-order valence-electron chi connectivity index (χ1n) is 8.77. The molecule has 2 aliphatic rings. The summed E-state index contributed by atoms with van der Waals surface area (Å²) < 4.78 is 10.8. The molecule has 6 heteroatoms. The minimum Gasteiger partial charge on any atom is -0.494 e. The van der Waals surface area contributed by atoms with Crippen molar-refractivity contribution in [2.75, 3.05) is 13.2 Å². The van der Waals surface area contributed by atoms with Crippen LogP contribution in [-0.2, 0) is 9.53 Å². The maximum atomic E-state index is 12.6. The average molecular weight is 360 g/mol. The van der Waals surface area contributed by atoms with Gasteiger partial charge >= 0.3 is 5.97 Å². The number of rotatable bonds is 6.